The van der Waals surface area contributed by atoms with Gasteiger partial charge in [0.1, 0.15) is 0 Å². The zero-order chi connectivity index (χ0) is 22.9. The molecule has 0 saturated heterocycles. The minimum atomic E-state index is 1.23. The fraction of sp³-hybridized carbons (Fsp3) is 0. The van der Waals surface area contributed by atoms with E-state index in [2.05, 4.69) is 128 Å². The van der Waals surface area contributed by atoms with E-state index in [-0.39, 0.29) is 0 Å². The topological polar surface area (TPSA) is 0 Å². The monoisotopic (exact) mass is 441 g/mol. The van der Waals surface area contributed by atoms with Crippen LogP contribution >= 0.6 is 0 Å². The molecule has 0 atom stereocenters. The van der Waals surface area contributed by atoms with Crippen LogP contribution in [0.3, 0.4) is 0 Å². The molecular formula is C35H21. The lowest BCUT2D eigenvalue weighted by Gasteiger charge is -2.12. The van der Waals surface area contributed by atoms with Gasteiger partial charge < -0.3 is 0 Å². The van der Waals surface area contributed by atoms with E-state index in [9.17, 15) is 0 Å². The van der Waals surface area contributed by atoms with Gasteiger partial charge >= 0.3 is 0 Å². The van der Waals surface area contributed by atoms with Gasteiger partial charge in [0, 0.05) is 6.42 Å². The summed E-state index contributed by atoms with van der Waals surface area (Å²) in [6, 6.07) is 40.3. The number of hydrogen-bond acceptors (Lipinski definition) is 0. The second-order valence-corrected chi connectivity index (χ2v) is 9.63. The van der Waals surface area contributed by atoms with Crippen molar-refractivity contribution < 1.29 is 0 Å². The first-order valence-electron chi connectivity index (χ1n) is 12.2. The predicted molar refractivity (Wildman–Crippen MR) is 153 cm³/mol. The summed E-state index contributed by atoms with van der Waals surface area (Å²) in [7, 11) is 0. The Hall–Kier alpha value is -4.42. The fourth-order valence-electron chi connectivity index (χ4n) is 6.02. The molecule has 0 aliphatic heterocycles. The molecule has 0 fully saturated rings. The van der Waals surface area contributed by atoms with Crippen molar-refractivity contribution in [1.82, 2.24) is 0 Å². The smallest absolute Gasteiger partial charge is 0.0125 e. The summed E-state index contributed by atoms with van der Waals surface area (Å²) in [5.74, 6) is 0. The van der Waals surface area contributed by atoms with Gasteiger partial charge in [-0.05, 0) is 87.9 Å². The average molecular weight is 442 g/mol. The maximum atomic E-state index is 2.30. The number of rotatable bonds is 3. The highest BCUT2D eigenvalue weighted by Gasteiger charge is 2.10. The lowest BCUT2D eigenvalue weighted by molar-refractivity contribution is 1.58. The van der Waals surface area contributed by atoms with Gasteiger partial charge in [-0.25, -0.2) is 0 Å². The van der Waals surface area contributed by atoms with E-state index in [1.165, 1.54) is 75.8 Å². The summed E-state index contributed by atoms with van der Waals surface area (Å²) in [5, 5.41) is 15.9. The van der Waals surface area contributed by atoms with Crippen LogP contribution < -0.4 is 0 Å². The van der Waals surface area contributed by atoms with Crippen LogP contribution in [0, 0.1) is 6.42 Å². The molecule has 0 amide bonds. The van der Waals surface area contributed by atoms with E-state index >= 15 is 0 Å². The summed E-state index contributed by atoms with van der Waals surface area (Å²) >= 11 is 0. The molecule has 8 aromatic rings. The van der Waals surface area contributed by atoms with Gasteiger partial charge in [-0.2, -0.15) is 0 Å². The molecule has 0 aliphatic carbocycles. The van der Waals surface area contributed by atoms with Crippen molar-refractivity contribution in [3.63, 3.8) is 0 Å². The van der Waals surface area contributed by atoms with E-state index in [0.717, 1.165) is 0 Å². The second kappa shape index (κ2) is 7.04. The summed E-state index contributed by atoms with van der Waals surface area (Å²) in [6.07, 6.45) is 6.62. The highest BCUT2D eigenvalue weighted by Crippen LogP contribution is 2.37. The van der Waals surface area contributed by atoms with Crippen LogP contribution in [0.1, 0.15) is 11.1 Å². The highest BCUT2D eigenvalue weighted by molar-refractivity contribution is 6.24. The Bertz CT molecular complexity index is 1950. The van der Waals surface area contributed by atoms with Crippen LogP contribution in [-0.4, -0.2) is 0 Å². The van der Waals surface area contributed by atoms with Crippen molar-refractivity contribution in [1.29, 1.82) is 0 Å². The average Bonchev–Trinajstić information content (AvgIpc) is 2.90. The first-order chi connectivity index (χ1) is 17.3. The third kappa shape index (κ3) is 2.80. The van der Waals surface area contributed by atoms with E-state index in [4.69, 9.17) is 0 Å². The Labute approximate surface area is 203 Å². The molecule has 0 N–H and O–H groups in total. The predicted octanol–water partition coefficient (Wildman–Crippen LogP) is 9.75. The minimum absolute atomic E-state index is 1.23. The highest BCUT2D eigenvalue weighted by atomic mass is 14.1. The normalized spacial score (nSPS) is 12.6. The van der Waals surface area contributed by atoms with Crippen molar-refractivity contribution in [2.24, 2.45) is 0 Å². The van der Waals surface area contributed by atoms with Crippen molar-refractivity contribution in [3.05, 3.63) is 133 Å². The van der Waals surface area contributed by atoms with Crippen molar-refractivity contribution in [3.8, 4) is 0 Å². The van der Waals surface area contributed by atoms with Gasteiger partial charge in [-0.1, -0.05) is 109 Å². The molecule has 161 valence electrons. The molecule has 0 saturated carbocycles. The first kappa shape index (κ1) is 18.9. The van der Waals surface area contributed by atoms with Gasteiger partial charge in [0.05, 0.1) is 0 Å². The standard InChI is InChI=1S/C35H21/c1(4-22-18-28-14-10-24-6-2-7-25-11-15-29(19-22)34(28)32(24)25)5-23-20-30-16-12-26-8-3-9-27-13-17-31(21-23)35(30)33(26)27/h1-21H. The third-order valence-corrected chi connectivity index (χ3v) is 7.55. The van der Waals surface area contributed by atoms with Gasteiger partial charge in [-0.15, -0.1) is 0 Å². The summed E-state index contributed by atoms with van der Waals surface area (Å²) in [4.78, 5) is 0. The maximum absolute atomic E-state index is 2.30. The van der Waals surface area contributed by atoms with Gasteiger partial charge in [0.25, 0.3) is 0 Å². The van der Waals surface area contributed by atoms with Crippen LogP contribution in [-0.2, 0) is 0 Å². The molecular weight excluding hydrogens is 420 g/mol. The van der Waals surface area contributed by atoms with Crippen LogP contribution in [0.4, 0.5) is 0 Å². The Morgan fingerprint density at radius 3 is 1.11 bits per heavy atom. The van der Waals surface area contributed by atoms with Crippen molar-refractivity contribution >= 4 is 70.7 Å². The molecule has 8 aromatic carbocycles. The van der Waals surface area contributed by atoms with E-state index in [1.54, 1.807) is 0 Å². The van der Waals surface area contributed by atoms with Crippen LogP contribution in [0.2, 0.25) is 0 Å². The van der Waals surface area contributed by atoms with Crippen molar-refractivity contribution in [2.75, 3.05) is 0 Å². The number of benzene rings is 8. The summed E-state index contributed by atoms with van der Waals surface area (Å²) < 4.78 is 0. The van der Waals surface area contributed by atoms with Gasteiger partial charge in [0.2, 0.25) is 0 Å². The second-order valence-electron chi connectivity index (χ2n) is 9.63. The molecule has 0 heteroatoms. The fourth-order valence-corrected chi connectivity index (χ4v) is 6.02. The van der Waals surface area contributed by atoms with Crippen LogP contribution in [0.25, 0.3) is 70.7 Å². The molecule has 35 heavy (non-hydrogen) atoms. The lowest BCUT2D eigenvalue weighted by atomic mass is 9.92. The lowest BCUT2D eigenvalue weighted by Crippen LogP contribution is -1.87. The molecule has 0 bridgehead atoms. The summed E-state index contributed by atoms with van der Waals surface area (Å²) in [5.41, 5.74) is 2.45. The SMILES string of the molecule is [CH](C=Cc1cc2ccc3cccc4ccc(c1)c2c34)c1cc2ccc3cccc4ccc(c1)c2c34. The maximum Gasteiger partial charge on any atom is 0.0125 e. The third-order valence-electron chi connectivity index (χ3n) is 7.55. The molecule has 1 radical (unpaired) electrons. The largest absolute Gasteiger partial charge is 0.0755 e. The Morgan fingerprint density at radius 1 is 0.343 bits per heavy atom. The summed E-state index contributed by atoms with van der Waals surface area (Å²) in [6.45, 7) is 0. The van der Waals surface area contributed by atoms with Crippen molar-refractivity contribution in [2.45, 2.75) is 0 Å². The zero-order valence-electron chi connectivity index (χ0n) is 19.1. The van der Waals surface area contributed by atoms with Gasteiger partial charge in [-0.3, -0.25) is 0 Å². The Balaban J connectivity index is 1.19. The van der Waals surface area contributed by atoms with Gasteiger partial charge in [0.15, 0.2) is 0 Å². The number of allylic oxidation sites excluding steroid dienone is 1. The quantitative estimate of drug-likeness (QED) is 0.239. The Morgan fingerprint density at radius 2 is 0.686 bits per heavy atom. The molecule has 0 aromatic heterocycles. The Kier molecular flexibility index (Phi) is 3.81. The van der Waals surface area contributed by atoms with E-state index < -0.39 is 0 Å². The molecule has 0 heterocycles. The van der Waals surface area contributed by atoms with E-state index in [0.29, 0.717) is 0 Å². The number of hydrogen-bond donors (Lipinski definition) is 0. The molecule has 0 spiro atoms. The molecule has 0 unspecified atom stereocenters. The molecule has 8 rings (SSSR count). The molecule has 0 aliphatic rings. The van der Waals surface area contributed by atoms with Crippen LogP contribution in [0.5, 0.6) is 0 Å². The minimum Gasteiger partial charge on any atom is -0.0755 e. The van der Waals surface area contributed by atoms with Crippen LogP contribution in [0.15, 0.2) is 115 Å². The first-order valence-corrected chi connectivity index (χ1v) is 12.2. The zero-order valence-corrected chi connectivity index (χ0v) is 19.1. The van der Waals surface area contributed by atoms with E-state index in [1.807, 2.05) is 0 Å². The molecule has 0 nitrogen and oxygen atoms in total.